The summed E-state index contributed by atoms with van der Waals surface area (Å²) in [7, 11) is 1.67. The molecular formula is C15H25N5O. The van der Waals surface area contributed by atoms with Gasteiger partial charge < -0.3 is 10.2 Å². The van der Waals surface area contributed by atoms with Crippen LogP contribution in [0.15, 0.2) is 12.1 Å². The molecule has 1 N–H and O–H groups in total. The lowest BCUT2D eigenvalue weighted by molar-refractivity contribution is -0.121. The van der Waals surface area contributed by atoms with E-state index < -0.39 is 0 Å². The Labute approximate surface area is 126 Å². The molecule has 0 aliphatic carbocycles. The summed E-state index contributed by atoms with van der Waals surface area (Å²) in [4.78, 5) is 15.8. The lowest BCUT2D eigenvalue weighted by atomic mass is 9.92. The van der Waals surface area contributed by atoms with Crippen molar-refractivity contribution < 1.29 is 4.79 Å². The van der Waals surface area contributed by atoms with Crippen LogP contribution in [0, 0.1) is 0 Å². The molecule has 2 rings (SSSR count). The van der Waals surface area contributed by atoms with Crippen LogP contribution in [-0.2, 0) is 10.2 Å². The molecule has 1 aromatic rings. The SMILES string of the molecule is CNC(=O)CN1CCN(c2ccc(C(C)(C)C)nn2)CC1. The van der Waals surface area contributed by atoms with Crippen LogP contribution in [0.2, 0.25) is 0 Å². The number of rotatable bonds is 3. The number of hydrogen-bond acceptors (Lipinski definition) is 5. The Bertz CT molecular complexity index is 472. The third-order valence-electron chi connectivity index (χ3n) is 3.76. The van der Waals surface area contributed by atoms with Crippen molar-refractivity contribution in [2.24, 2.45) is 0 Å². The molecule has 0 aromatic carbocycles. The summed E-state index contributed by atoms with van der Waals surface area (Å²) < 4.78 is 0. The van der Waals surface area contributed by atoms with Gasteiger partial charge in [-0.3, -0.25) is 9.69 Å². The second-order valence-electron chi connectivity index (χ2n) is 6.46. The first-order valence-electron chi connectivity index (χ1n) is 7.42. The highest BCUT2D eigenvalue weighted by Gasteiger charge is 2.21. The average molecular weight is 291 g/mol. The standard InChI is InChI=1S/C15H25N5O/c1-15(2,3)12-5-6-13(18-17-12)20-9-7-19(8-10-20)11-14(21)16-4/h5-6H,7-11H2,1-4H3,(H,16,21). The Morgan fingerprint density at radius 3 is 2.33 bits per heavy atom. The maximum absolute atomic E-state index is 11.4. The number of nitrogens with one attached hydrogen (secondary N) is 1. The number of carbonyl (C=O) groups is 1. The van der Waals surface area contributed by atoms with Gasteiger partial charge >= 0.3 is 0 Å². The summed E-state index contributed by atoms with van der Waals surface area (Å²) in [5, 5.41) is 11.3. The summed E-state index contributed by atoms with van der Waals surface area (Å²) in [5.74, 6) is 0.986. The van der Waals surface area contributed by atoms with E-state index >= 15 is 0 Å². The maximum atomic E-state index is 11.4. The first kappa shape index (κ1) is 15.7. The van der Waals surface area contributed by atoms with E-state index in [0.717, 1.165) is 37.7 Å². The molecule has 2 heterocycles. The van der Waals surface area contributed by atoms with Crippen LogP contribution < -0.4 is 10.2 Å². The van der Waals surface area contributed by atoms with Crippen molar-refractivity contribution in [2.75, 3.05) is 44.7 Å². The number of nitrogens with zero attached hydrogens (tertiary/aromatic N) is 4. The van der Waals surface area contributed by atoms with E-state index in [4.69, 9.17) is 0 Å². The van der Waals surface area contributed by atoms with Crippen molar-refractivity contribution in [3.63, 3.8) is 0 Å². The van der Waals surface area contributed by atoms with Gasteiger partial charge in [0, 0.05) is 38.6 Å². The Morgan fingerprint density at radius 1 is 1.19 bits per heavy atom. The summed E-state index contributed by atoms with van der Waals surface area (Å²) >= 11 is 0. The van der Waals surface area contributed by atoms with Crippen molar-refractivity contribution in [3.8, 4) is 0 Å². The second kappa shape index (κ2) is 6.39. The number of piperazine rings is 1. The third-order valence-corrected chi connectivity index (χ3v) is 3.76. The first-order valence-corrected chi connectivity index (χ1v) is 7.42. The van der Waals surface area contributed by atoms with Gasteiger partial charge in [-0.2, -0.15) is 5.10 Å². The topological polar surface area (TPSA) is 61.4 Å². The molecule has 1 aliphatic heterocycles. The minimum absolute atomic E-state index is 0.0255. The monoisotopic (exact) mass is 291 g/mol. The predicted octanol–water partition coefficient (Wildman–Crippen LogP) is 0.642. The summed E-state index contributed by atoms with van der Waals surface area (Å²) in [6, 6.07) is 4.10. The zero-order valence-electron chi connectivity index (χ0n) is 13.4. The van der Waals surface area contributed by atoms with Gasteiger partial charge in [0.2, 0.25) is 5.91 Å². The maximum Gasteiger partial charge on any atom is 0.233 e. The minimum Gasteiger partial charge on any atom is -0.358 e. The van der Waals surface area contributed by atoms with E-state index in [1.807, 2.05) is 6.07 Å². The Kier molecular flexibility index (Phi) is 4.77. The van der Waals surface area contributed by atoms with Gasteiger partial charge in [-0.15, -0.1) is 5.10 Å². The lowest BCUT2D eigenvalue weighted by Crippen LogP contribution is -2.49. The van der Waals surface area contributed by atoms with Crippen LogP contribution in [0.5, 0.6) is 0 Å². The Balaban J connectivity index is 1.92. The Morgan fingerprint density at radius 2 is 1.86 bits per heavy atom. The van der Waals surface area contributed by atoms with E-state index in [2.05, 4.69) is 52.2 Å². The highest BCUT2D eigenvalue weighted by atomic mass is 16.1. The number of carbonyl (C=O) groups excluding carboxylic acids is 1. The van der Waals surface area contributed by atoms with Gasteiger partial charge in [-0.25, -0.2) is 0 Å². The number of likely N-dealkylation sites (N-methyl/N-ethyl adjacent to an activating group) is 1. The van der Waals surface area contributed by atoms with Crippen LogP contribution in [-0.4, -0.2) is 60.8 Å². The average Bonchev–Trinajstić information content (AvgIpc) is 2.47. The smallest absolute Gasteiger partial charge is 0.233 e. The summed E-state index contributed by atoms with van der Waals surface area (Å²) in [6.45, 7) is 10.4. The molecule has 21 heavy (non-hydrogen) atoms. The van der Waals surface area contributed by atoms with E-state index in [1.165, 1.54) is 0 Å². The summed E-state index contributed by atoms with van der Waals surface area (Å²) in [6.07, 6.45) is 0. The highest BCUT2D eigenvalue weighted by Crippen LogP contribution is 2.21. The van der Waals surface area contributed by atoms with Gasteiger partial charge in [-0.1, -0.05) is 20.8 Å². The van der Waals surface area contributed by atoms with Crippen LogP contribution >= 0.6 is 0 Å². The van der Waals surface area contributed by atoms with Crippen LogP contribution in [0.4, 0.5) is 5.82 Å². The minimum atomic E-state index is 0.0255. The van der Waals surface area contributed by atoms with E-state index in [0.29, 0.717) is 6.54 Å². The molecule has 116 valence electrons. The zero-order chi connectivity index (χ0) is 15.5. The number of amides is 1. The molecule has 0 unspecified atom stereocenters. The van der Waals surface area contributed by atoms with Crippen LogP contribution in [0.1, 0.15) is 26.5 Å². The molecule has 1 aliphatic rings. The second-order valence-corrected chi connectivity index (χ2v) is 6.46. The van der Waals surface area contributed by atoms with Gasteiger partial charge in [0.25, 0.3) is 0 Å². The lowest BCUT2D eigenvalue weighted by Gasteiger charge is -2.34. The third kappa shape index (κ3) is 4.14. The molecule has 0 spiro atoms. The molecular weight excluding hydrogens is 266 g/mol. The molecule has 1 aromatic heterocycles. The highest BCUT2D eigenvalue weighted by molar-refractivity contribution is 5.77. The van der Waals surface area contributed by atoms with Crippen molar-refractivity contribution in [1.29, 1.82) is 0 Å². The number of aromatic nitrogens is 2. The summed E-state index contributed by atoms with van der Waals surface area (Å²) in [5.41, 5.74) is 1.03. The fraction of sp³-hybridized carbons (Fsp3) is 0.667. The first-order chi connectivity index (χ1) is 9.90. The van der Waals surface area contributed by atoms with E-state index in [1.54, 1.807) is 7.05 Å². The van der Waals surface area contributed by atoms with E-state index in [9.17, 15) is 4.79 Å². The molecule has 1 fully saturated rings. The van der Waals surface area contributed by atoms with Crippen molar-refractivity contribution in [3.05, 3.63) is 17.8 Å². The fourth-order valence-corrected chi connectivity index (χ4v) is 2.31. The molecule has 0 saturated carbocycles. The van der Waals surface area contributed by atoms with Crippen molar-refractivity contribution in [1.82, 2.24) is 20.4 Å². The van der Waals surface area contributed by atoms with Crippen molar-refractivity contribution >= 4 is 11.7 Å². The largest absolute Gasteiger partial charge is 0.358 e. The quantitative estimate of drug-likeness (QED) is 0.885. The molecule has 1 saturated heterocycles. The van der Waals surface area contributed by atoms with Gasteiger partial charge in [0.15, 0.2) is 5.82 Å². The van der Waals surface area contributed by atoms with Crippen LogP contribution in [0.25, 0.3) is 0 Å². The molecule has 1 amide bonds. The van der Waals surface area contributed by atoms with Gasteiger partial charge in [-0.05, 0) is 12.1 Å². The Hall–Kier alpha value is -1.69. The number of hydrogen-bond donors (Lipinski definition) is 1. The van der Waals surface area contributed by atoms with Gasteiger partial charge in [0.05, 0.1) is 12.2 Å². The molecule has 6 heteroatoms. The molecule has 6 nitrogen and oxygen atoms in total. The van der Waals surface area contributed by atoms with Gasteiger partial charge in [0.1, 0.15) is 0 Å². The molecule has 0 radical (unpaired) electrons. The predicted molar refractivity (Wildman–Crippen MR) is 83.5 cm³/mol. The van der Waals surface area contributed by atoms with Crippen LogP contribution in [0.3, 0.4) is 0 Å². The zero-order valence-corrected chi connectivity index (χ0v) is 13.4. The molecule has 0 atom stereocenters. The van der Waals surface area contributed by atoms with E-state index in [-0.39, 0.29) is 11.3 Å². The normalized spacial score (nSPS) is 16.9. The number of anilines is 1. The fourth-order valence-electron chi connectivity index (χ4n) is 2.31. The van der Waals surface area contributed by atoms with Crippen molar-refractivity contribution in [2.45, 2.75) is 26.2 Å². The molecule has 0 bridgehead atoms.